The maximum absolute atomic E-state index is 12.4. The van der Waals surface area contributed by atoms with Crippen LogP contribution >= 0.6 is 0 Å². The molecule has 0 fully saturated rings. The van der Waals surface area contributed by atoms with Crippen LogP contribution in [0.5, 0.6) is 0 Å². The summed E-state index contributed by atoms with van der Waals surface area (Å²) in [5.41, 5.74) is -0.182. The van der Waals surface area contributed by atoms with E-state index in [1.165, 1.54) is 13.2 Å². The zero-order valence-corrected chi connectivity index (χ0v) is 13.3. The van der Waals surface area contributed by atoms with E-state index in [4.69, 9.17) is 9.84 Å². The Labute approximate surface area is 126 Å². The van der Waals surface area contributed by atoms with Crippen molar-refractivity contribution in [2.24, 2.45) is 0 Å². The van der Waals surface area contributed by atoms with E-state index < -0.39 is 15.6 Å². The second-order valence-electron chi connectivity index (χ2n) is 5.06. The predicted octanol–water partition coefficient (Wildman–Crippen LogP) is 1.12. The third-order valence-electron chi connectivity index (χ3n) is 2.88. The van der Waals surface area contributed by atoms with Gasteiger partial charge in [0.1, 0.15) is 0 Å². The van der Waals surface area contributed by atoms with Crippen LogP contribution in [0.15, 0.2) is 29.2 Å². The predicted molar refractivity (Wildman–Crippen MR) is 81.3 cm³/mol. The summed E-state index contributed by atoms with van der Waals surface area (Å²) < 4.78 is 32.5. The van der Waals surface area contributed by atoms with Crippen LogP contribution in [0.4, 0.5) is 0 Å². The molecule has 5 nitrogen and oxygen atoms in total. The lowest BCUT2D eigenvalue weighted by molar-refractivity contribution is 0.0276. The molecule has 0 aromatic heterocycles. The van der Waals surface area contributed by atoms with E-state index in [9.17, 15) is 8.42 Å². The first kappa shape index (κ1) is 17.7. The van der Waals surface area contributed by atoms with Gasteiger partial charge in [-0.05, 0) is 26.0 Å². The minimum atomic E-state index is -3.67. The maximum atomic E-state index is 12.4. The number of nitrogens with one attached hydrogen (secondary N) is 1. The Kier molecular flexibility index (Phi) is 6.37. The molecule has 0 aliphatic rings. The third-order valence-corrected chi connectivity index (χ3v) is 4.34. The molecule has 0 aliphatic heterocycles. The van der Waals surface area contributed by atoms with Crippen molar-refractivity contribution >= 4 is 10.0 Å². The normalized spacial score (nSPS) is 11.8. The smallest absolute Gasteiger partial charge is 0.241 e. The highest BCUT2D eigenvalue weighted by Gasteiger charge is 2.23. The molecule has 116 valence electrons. The summed E-state index contributed by atoms with van der Waals surface area (Å²) in [5.74, 6) is 5.50. The van der Waals surface area contributed by atoms with Gasteiger partial charge in [-0.3, -0.25) is 0 Å². The summed E-state index contributed by atoms with van der Waals surface area (Å²) in [6.07, 6.45) is 0.304. The lowest BCUT2D eigenvalue weighted by Gasteiger charge is -2.23. The number of aliphatic hydroxyl groups excluding tert-OH is 1. The third kappa shape index (κ3) is 5.48. The van der Waals surface area contributed by atoms with Crippen LogP contribution in [-0.4, -0.2) is 39.4 Å². The molecule has 1 rings (SSSR count). The molecule has 1 aromatic carbocycles. The van der Waals surface area contributed by atoms with E-state index in [-0.39, 0.29) is 18.0 Å². The molecule has 0 amide bonds. The fourth-order valence-corrected chi connectivity index (χ4v) is 2.80. The number of aliphatic hydroxyl groups is 1. The van der Waals surface area contributed by atoms with Gasteiger partial charge in [0, 0.05) is 25.6 Å². The minimum absolute atomic E-state index is 0.0534. The molecule has 0 aliphatic carbocycles. The molecule has 0 saturated carbocycles. The van der Waals surface area contributed by atoms with Crippen molar-refractivity contribution in [3.05, 3.63) is 29.8 Å². The summed E-state index contributed by atoms with van der Waals surface area (Å²) in [4.78, 5) is 0.127. The van der Waals surface area contributed by atoms with Gasteiger partial charge in [-0.25, -0.2) is 13.1 Å². The fourth-order valence-electron chi connectivity index (χ4n) is 1.44. The van der Waals surface area contributed by atoms with E-state index >= 15 is 0 Å². The molecular formula is C15H21NO4S. The molecule has 2 N–H and O–H groups in total. The SMILES string of the molecule is COC(C)(C)CNS(=O)(=O)c1ccccc1C#CCCO. The molecule has 21 heavy (non-hydrogen) atoms. The lowest BCUT2D eigenvalue weighted by atomic mass is 10.1. The standard InChI is InChI=1S/C15H21NO4S/c1-15(2,20-3)12-16-21(18,19)14-10-5-4-8-13(14)9-6-7-11-17/h4-5,8,10,16-17H,7,11-12H2,1-3H3. The highest BCUT2D eigenvalue weighted by molar-refractivity contribution is 7.89. The summed E-state index contributed by atoms with van der Waals surface area (Å²) >= 11 is 0. The van der Waals surface area contributed by atoms with Gasteiger partial charge in [-0.15, -0.1) is 0 Å². The topological polar surface area (TPSA) is 75.6 Å². The number of ether oxygens (including phenoxy) is 1. The van der Waals surface area contributed by atoms with Gasteiger partial charge < -0.3 is 9.84 Å². The van der Waals surface area contributed by atoms with Crippen molar-refractivity contribution in [3.63, 3.8) is 0 Å². The average Bonchev–Trinajstić information content (AvgIpc) is 2.46. The van der Waals surface area contributed by atoms with Gasteiger partial charge in [0.25, 0.3) is 0 Å². The minimum Gasteiger partial charge on any atom is -0.395 e. The molecule has 0 bridgehead atoms. The quantitative estimate of drug-likeness (QED) is 0.772. The van der Waals surface area contributed by atoms with Gasteiger partial charge in [-0.1, -0.05) is 24.0 Å². The number of benzene rings is 1. The Hall–Kier alpha value is -1.39. The highest BCUT2D eigenvalue weighted by Crippen LogP contribution is 2.15. The lowest BCUT2D eigenvalue weighted by Crippen LogP contribution is -2.39. The first-order chi connectivity index (χ1) is 9.82. The Morgan fingerprint density at radius 1 is 1.33 bits per heavy atom. The Morgan fingerprint density at radius 3 is 2.62 bits per heavy atom. The zero-order chi connectivity index (χ0) is 15.9. The van der Waals surface area contributed by atoms with Crippen molar-refractivity contribution in [1.82, 2.24) is 4.72 Å². The Balaban J connectivity index is 3.02. The van der Waals surface area contributed by atoms with Gasteiger partial charge in [0.2, 0.25) is 10.0 Å². The van der Waals surface area contributed by atoms with Crippen LogP contribution in [-0.2, 0) is 14.8 Å². The first-order valence-corrected chi connectivity index (χ1v) is 8.04. The van der Waals surface area contributed by atoms with E-state index in [0.29, 0.717) is 12.0 Å². The fraction of sp³-hybridized carbons (Fsp3) is 0.467. The largest absolute Gasteiger partial charge is 0.395 e. The Morgan fingerprint density at radius 2 is 2.00 bits per heavy atom. The van der Waals surface area contributed by atoms with Crippen LogP contribution in [0.25, 0.3) is 0 Å². The van der Waals surface area contributed by atoms with Crippen molar-refractivity contribution in [2.45, 2.75) is 30.8 Å². The van der Waals surface area contributed by atoms with Crippen LogP contribution in [0.3, 0.4) is 0 Å². The average molecular weight is 311 g/mol. The van der Waals surface area contributed by atoms with Crippen molar-refractivity contribution in [2.75, 3.05) is 20.3 Å². The van der Waals surface area contributed by atoms with Crippen molar-refractivity contribution in [3.8, 4) is 11.8 Å². The summed E-state index contributed by atoms with van der Waals surface area (Å²) in [6.45, 7) is 3.69. The second-order valence-corrected chi connectivity index (χ2v) is 6.80. The van der Waals surface area contributed by atoms with Crippen LogP contribution in [0.2, 0.25) is 0 Å². The molecule has 0 radical (unpaired) electrons. The van der Waals surface area contributed by atoms with Crippen molar-refractivity contribution < 1.29 is 18.3 Å². The molecule has 0 unspecified atom stereocenters. The van der Waals surface area contributed by atoms with Crippen LogP contribution < -0.4 is 4.72 Å². The molecular weight excluding hydrogens is 290 g/mol. The Bertz CT molecular complexity index is 627. The van der Waals surface area contributed by atoms with Gasteiger partial charge in [0.15, 0.2) is 0 Å². The van der Waals surface area contributed by atoms with E-state index in [1.54, 1.807) is 32.0 Å². The summed E-state index contributed by atoms with van der Waals surface area (Å²) in [6, 6.07) is 6.51. The van der Waals surface area contributed by atoms with Gasteiger partial charge in [0.05, 0.1) is 17.1 Å². The van der Waals surface area contributed by atoms with Crippen molar-refractivity contribution in [1.29, 1.82) is 0 Å². The number of sulfonamides is 1. The molecule has 0 saturated heterocycles. The van der Waals surface area contributed by atoms with Gasteiger partial charge >= 0.3 is 0 Å². The van der Waals surface area contributed by atoms with E-state index in [0.717, 1.165) is 0 Å². The number of hydrogen-bond acceptors (Lipinski definition) is 4. The number of hydrogen-bond donors (Lipinski definition) is 2. The molecule has 0 atom stereocenters. The monoisotopic (exact) mass is 311 g/mol. The van der Waals surface area contributed by atoms with Gasteiger partial charge in [-0.2, -0.15) is 0 Å². The number of methoxy groups -OCH3 is 1. The molecule has 0 heterocycles. The number of rotatable bonds is 6. The first-order valence-electron chi connectivity index (χ1n) is 6.56. The van der Waals surface area contributed by atoms with Crippen LogP contribution in [0.1, 0.15) is 25.8 Å². The zero-order valence-electron chi connectivity index (χ0n) is 12.5. The second kappa shape index (κ2) is 7.57. The molecule has 1 aromatic rings. The van der Waals surface area contributed by atoms with Crippen LogP contribution in [0, 0.1) is 11.8 Å². The van der Waals surface area contributed by atoms with E-state index in [2.05, 4.69) is 16.6 Å². The maximum Gasteiger partial charge on any atom is 0.241 e. The highest BCUT2D eigenvalue weighted by atomic mass is 32.2. The molecule has 6 heteroatoms. The summed E-state index contributed by atoms with van der Waals surface area (Å²) in [7, 11) is -2.14. The summed E-state index contributed by atoms with van der Waals surface area (Å²) in [5, 5.41) is 8.73. The van der Waals surface area contributed by atoms with E-state index in [1.807, 2.05) is 0 Å². The molecule has 0 spiro atoms.